The second-order valence-corrected chi connectivity index (χ2v) is 30.6. The van der Waals surface area contributed by atoms with Crippen LogP contribution in [0.4, 0.5) is 0 Å². The van der Waals surface area contributed by atoms with E-state index in [1.165, 1.54) is 128 Å². The van der Waals surface area contributed by atoms with Gasteiger partial charge in [-0.2, -0.15) is 0 Å². The van der Waals surface area contributed by atoms with E-state index in [0.717, 1.165) is 148 Å². The Hall–Kier alpha value is -4.02. The van der Waals surface area contributed by atoms with E-state index in [2.05, 4.69) is 107 Å². The van der Waals surface area contributed by atoms with E-state index in [0.29, 0.717) is 32.1 Å². The van der Waals surface area contributed by atoms with Gasteiger partial charge in [0.1, 0.15) is 19.3 Å². The number of esters is 4. The molecule has 0 bridgehead atoms. The number of hydrogen-bond donors (Lipinski definition) is 3. The molecule has 5 atom stereocenters. The van der Waals surface area contributed by atoms with Crippen LogP contribution in [0.1, 0.15) is 362 Å². The SMILES string of the molecule is CC/C=C\C/C=C\C/C=C\C/C=C\C/C=C\C/C=C\CCC(=O)OC[C@H](COP(=O)(O)OC[C@@H](O)COP(=O)(O)OC[C@@H](COC(=O)CCCCCCCCC/C=C\CCCCCC)OC(=O)CCCCCCCCCCCCCCCCC)OC(=O)CCCCCCCCC/C=C\CCCCCC. The van der Waals surface area contributed by atoms with Gasteiger partial charge in [0.2, 0.25) is 0 Å². The third-order valence-electron chi connectivity index (χ3n) is 17.5. The zero-order chi connectivity index (χ0) is 76.0. The van der Waals surface area contributed by atoms with Crippen molar-refractivity contribution in [3.8, 4) is 0 Å². The highest BCUT2D eigenvalue weighted by molar-refractivity contribution is 7.47. The van der Waals surface area contributed by atoms with Crippen LogP contribution in [-0.2, 0) is 65.4 Å². The van der Waals surface area contributed by atoms with Crippen LogP contribution in [0.5, 0.6) is 0 Å². The number of carbonyl (C=O) groups is 4. The van der Waals surface area contributed by atoms with Crippen molar-refractivity contribution in [2.45, 2.75) is 380 Å². The number of hydrogen-bond acceptors (Lipinski definition) is 15. The third-order valence-corrected chi connectivity index (χ3v) is 19.4. The summed E-state index contributed by atoms with van der Waals surface area (Å²) in [7, 11) is -9.97. The highest BCUT2D eigenvalue weighted by atomic mass is 31.2. The molecule has 0 aliphatic heterocycles. The van der Waals surface area contributed by atoms with Gasteiger partial charge in [-0.25, -0.2) is 9.13 Å². The summed E-state index contributed by atoms with van der Waals surface area (Å²) < 4.78 is 68.6. The molecule has 17 nitrogen and oxygen atoms in total. The number of aliphatic hydroxyl groups excluding tert-OH is 1. The van der Waals surface area contributed by atoms with Gasteiger partial charge in [-0.05, 0) is 116 Å². The van der Waals surface area contributed by atoms with Gasteiger partial charge < -0.3 is 33.8 Å². The Kier molecular flexibility index (Phi) is 74.2. The maximum absolute atomic E-state index is 13.1. The predicted molar refractivity (Wildman–Crippen MR) is 427 cm³/mol. The largest absolute Gasteiger partial charge is 0.472 e. The quantitative estimate of drug-likeness (QED) is 0.0169. The number of unbranched alkanes of at least 4 members (excludes halogenated alkanes) is 36. The lowest BCUT2D eigenvalue weighted by molar-refractivity contribution is -0.161. The molecule has 0 radical (unpaired) electrons. The molecule has 0 fully saturated rings. The summed E-state index contributed by atoms with van der Waals surface area (Å²) in [5, 5.41) is 10.7. The minimum absolute atomic E-state index is 0.0362. The molecule has 0 aromatic heterocycles. The van der Waals surface area contributed by atoms with Crippen LogP contribution < -0.4 is 0 Å². The molecule has 3 N–H and O–H groups in total. The minimum Gasteiger partial charge on any atom is -0.462 e. The van der Waals surface area contributed by atoms with Gasteiger partial charge in [0.15, 0.2) is 12.2 Å². The second kappa shape index (κ2) is 77.1. The molecule has 0 heterocycles. The monoisotopic (exact) mass is 1510 g/mol. The molecule has 0 spiro atoms. The van der Waals surface area contributed by atoms with E-state index < -0.39 is 97.5 Å². The van der Waals surface area contributed by atoms with Crippen molar-refractivity contribution in [1.82, 2.24) is 0 Å². The van der Waals surface area contributed by atoms with E-state index in [-0.39, 0.29) is 25.7 Å². The predicted octanol–water partition coefficient (Wildman–Crippen LogP) is 24.3. The molecule has 104 heavy (non-hydrogen) atoms. The van der Waals surface area contributed by atoms with Crippen molar-refractivity contribution in [3.63, 3.8) is 0 Å². The molecule has 0 amide bonds. The first-order valence-corrected chi connectivity index (χ1v) is 44.5. The number of rotatable bonds is 78. The fourth-order valence-electron chi connectivity index (χ4n) is 11.2. The van der Waals surface area contributed by atoms with Gasteiger partial charge in [-0.3, -0.25) is 37.3 Å². The summed E-state index contributed by atoms with van der Waals surface area (Å²) in [5.41, 5.74) is 0. The molecule has 0 rings (SSSR count). The summed E-state index contributed by atoms with van der Waals surface area (Å²) in [5.74, 6) is -2.26. The minimum atomic E-state index is -4.99. The normalized spacial score (nSPS) is 14.3. The smallest absolute Gasteiger partial charge is 0.462 e. The van der Waals surface area contributed by atoms with Gasteiger partial charge in [-0.1, -0.05) is 318 Å². The summed E-state index contributed by atoms with van der Waals surface area (Å²) in [6.45, 7) is 4.71. The molecule has 0 saturated heterocycles. The van der Waals surface area contributed by atoms with E-state index in [1.807, 2.05) is 18.2 Å². The number of carbonyl (C=O) groups excluding carboxylic acids is 4. The standard InChI is InChI=1S/C85H150O17P2/c1-5-9-13-17-21-25-29-33-37-38-39-40-44-46-50-54-58-62-66-70-83(88)96-76-81(102-85(90)72-68-64-60-56-52-48-43-36-32-28-24-20-16-12-8-4)78-100-104(93,94)98-74-79(86)73-97-103(91,92)99-77-80(101-84(89)71-67-63-59-55-51-47-42-35-31-27-23-19-15-11-7-3)75-95-82(87)69-65-61-57-53-49-45-41-34-30-26-22-18-14-10-6-2/h9,13,21,25-26,28,30,32-33,37,39-40,46,50,58,62,79-81,86H,5-8,10-12,14-20,22-24,27,29,31,34-36,38,41-45,47-49,51-57,59-61,63-78H2,1-4H3,(H,91,92)(H,93,94)/b13-9-,25-21-,30-26-,32-28-,37-33-,40-39-,50-46-,62-58-/t79-,80+,81+/m0/s1. The van der Waals surface area contributed by atoms with Gasteiger partial charge in [-0.15, -0.1) is 0 Å². The fraction of sp³-hybridized carbons (Fsp3) is 0.765. The molecule has 0 aromatic rings. The molecule has 0 saturated carbocycles. The van der Waals surface area contributed by atoms with Crippen molar-refractivity contribution in [1.29, 1.82) is 0 Å². The van der Waals surface area contributed by atoms with Crippen LogP contribution in [0.2, 0.25) is 0 Å². The number of phosphoric ester groups is 2. The summed E-state index contributed by atoms with van der Waals surface area (Å²) in [6.07, 6.45) is 82.4. The Labute approximate surface area is 633 Å². The fourth-order valence-corrected chi connectivity index (χ4v) is 12.8. The Morgan fingerprint density at radius 1 is 0.279 bits per heavy atom. The maximum Gasteiger partial charge on any atom is 0.472 e. The molecular formula is C85H150O17P2. The molecular weight excluding hydrogens is 1350 g/mol. The Morgan fingerprint density at radius 2 is 0.519 bits per heavy atom. The Balaban J connectivity index is 5.40. The van der Waals surface area contributed by atoms with Crippen LogP contribution in [0.15, 0.2) is 97.2 Å². The first-order valence-electron chi connectivity index (χ1n) is 41.5. The van der Waals surface area contributed by atoms with Crippen LogP contribution >= 0.6 is 15.6 Å². The van der Waals surface area contributed by atoms with Gasteiger partial charge >= 0.3 is 39.5 Å². The Bertz CT molecular complexity index is 2350. The van der Waals surface area contributed by atoms with Crippen LogP contribution in [0.25, 0.3) is 0 Å². The first kappa shape index (κ1) is 100.0. The number of allylic oxidation sites excluding steroid dienone is 16. The first-order chi connectivity index (χ1) is 50.7. The van der Waals surface area contributed by atoms with E-state index >= 15 is 0 Å². The molecule has 2 unspecified atom stereocenters. The number of phosphoric acid groups is 2. The van der Waals surface area contributed by atoms with E-state index in [1.54, 1.807) is 0 Å². The van der Waals surface area contributed by atoms with E-state index in [4.69, 9.17) is 37.0 Å². The van der Waals surface area contributed by atoms with Crippen molar-refractivity contribution in [3.05, 3.63) is 97.2 Å². The molecule has 0 aromatic carbocycles. The zero-order valence-corrected chi connectivity index (χ0v) is 67.7. The lowest BCUT2D eigenvalue weighted by atomic mass is 10.0. The average Bonchev–Trinajstić information content (AvgIpc) is 0.918. The van der Waals surface area contributed by atoms with Crippen molar-refractivity contribution in [2.75, 3.05) is 39.6 Å². The highest BCUT2D eigenvalue weighted by Crippen LogP contribution is 2.45. The van der Waals surface area contributed by atoms with E-state index in [9.17, 15) is 43.2 Å². The van der Waals surface area contributed by atoms with Crippen molar-refractivity contribution in [2.24, 2.45) is 0 Å². The van der Waals surface area contributed by atoms with Crippen molar-refractivity contribution >= 4 is 39.5 Å². The van der Waals surface area contributed by atoms with Crippen molar-refractivity contribution < 1.29 is 80.2 Å². The van der Waals surface area contributed by atoms with Gasteiger partial charge in [0.25, 0.3) is 0 Å². The molecule has 0 aliphatic carbocycles. The van der Waals surface area contributed by atoms with Crippen LogP contribution in [0.3, 0.4) is 0 Å². The number of ether oxygens (including phenoxy) is 4. The molecule has 602 valence electrons. The molecule has 0 aliphatic rings. The summed E-state index contributed by atoms with van der Waals surface area (Å²) in [4.78, 5) is 73.1. The second-order valence-electron chi connectivity index (χ2n) is 27.7. The lowest BCUT2D eigenvalue weighted by Crippen LogP contribution is -2.30. The summed E-state index contributed by atoms with van der Waals surface area (Å²) >= 11 is 0. The van der Waals surface area contributed by atoms with Crippen LogP contribution in [0, 0.1) is 0 Å². The third kappa shape index (κ3) is 76.2. The van der Waals surface area contributed by atoms with Gasteiger partial charge in [0.05, 0.1) is 26.4 Å². The highest BCUT2D eigenvalue weighted by Gasteiger charge is 2.30. The zero-order valence-electron chi connectivity index (χ0n) is 65.9. The molecule has 19 heteroatoms. The Morgan fingerprint density at radius 3 is 0.837 bits per heavy atom. The average molecular weight is 1510 g/mol. The number of aliphatic hydroxyl groups is 1. The topological polar surface area (TPSA) is 237 Å². The van der Waals surface area contributed by atoms with Gasteiger partial charge in [0, 0.05) is 25.7 Å². The maximum atomic E-state index is 13.1. The summed E-state index contributed by atoms with van der Waals surface area (Å²) in [6, 6.07) is 0. The lowest BCUT2D eigenvalue weighted by Gasteiger charge is -2.21. The van der Waals surface area contributed by atoms with Crippen LogP contribution in [-0.4, -0.2) is 96.7 Å².